The molecule has 0 radical (unpaired) electrons. The highest BCUT2D eigenvalue weighted by molar-refractivity contribution is 9.10. The van der Waals surface area contributed by atoms with Crippen LogP contribution in [0.5, 0.6) is 11.5 Å². The number of halogens is 1. The average molecular weight is 518 g/mol. The Morgan fingerprint density at radius 1 is 1.12 bits per heavy atom. The number of hydrogen-bond donors (Lipinski definition) is 1. The summed E-state index contributed by atoms with van der Waals surface area (Å²) in [4.78, 5) is 27.5. The van der Waals surface area contributed by atoms with Crippen LogP contribution < -0.4 is 9.47 Å². The molecule has 1 saturated heterocycles. The third kappa shape index (κ3) is 5.39. The van der Waals surface area contributed by atoms with Crippen molar-refractivity contribution in [3.05, 3.63) is 63.6 Å². The number of aliphatic hydroxyl groups excluding tert-OH is 1. The molecule has 0 spiro atoms. The summed E-state index contributed by atoms with van der Waals surface area (Å²) in [6.07, 6.45) is 0.576. The molecule has 1 N–H and O–H groups in total. The van der Waals surface area contributed by atoms with Gasteiger partial charge in [-0.1, -0.05) is 12.1 Å². The number of carbonyl (C=O) groups excluding carboxylic acids is 2. The van der Waals surface area contributed by atoms with E-state index in [9.17, 15) is 14.7 Å². The molecule has 0 aliphatic carbocycles. The fraction of sp³-hybridized carbons (Fsp3) is 0.360. The molecule has 1 heterocycles. The number of Topliss-reactive ketones (excluding diaryl/α,β-unsaturated/α-hetero) is 1. The summed E-state index contributed by atoms with van der Waals surface area (Å²) < 4.78 is 16.7. The second-order valence-electron chi connectivity index (χ2n) is 7.92. The number of hydrogen-bond acceptors (Lipinski definition) is 6. The van der Waals surface area contributed by atoms with Crippen molar-refractivity contribution in [2.24, 2.45) is 0 Å². The summed E-state index contributed by atoms with van der Waals surface area (Å²) in [7, 11) is 3.12. The topological polar surface area (TPSA) is 85.3 Å². The molecular formula is C25H28BrNO6. The number of likely N-dealkylation sites (tertiary alicyclic amines) is 1. The van der Waals surface area contributed by atoms with Gasteiger partial charge in [-0.15, -0.1) is 0 Å². The van der Waals surface area contributed by atoms with Crippen LogP contribution in [0, 0.1) is 0 Å². The van der Waals surface area contributed by atoms with Crippen molar-refractivity contribution in [3.8, 4) is 11.5 Å². The zero-order valence-corrected chi connectivity index (χ0v) is 20.7. The lowest BCUT2D eigenvalue weighted by Gasteiger charge is -2.25. The Hall–Kier alpha value is -2.84. The smallest absolute Gasteiger partial charge is 0.295 e. The molecule has 1 aliphatic rings. The van der Waals surface area contributed by atoms with Crippen molar-refractivity contribution in [2.45, 2.75) is 32.4 Å². The highest BCUT2D eigenvalue weighted by atomic mass is 79.9. The largest absolute Gasteiger partial charge is 0.507 e. The van der Waals surface area contributed by atoms with Gasteiger partial charge in [0, 0.05) is 25.8 Å². The molecule has 33 heavy (non-hydrogen) atoms. The van der Waals surface area contributed by atoms with E-state index in [-0.39, 0.29) is 17.4 Å². The van der Waals surface area contributed by atoms with E-state index in [0.717, 1.165) is 0 Å². The highest BCUT2D eigenvalue weighted by Gasteiger charge is 2.45. The van der Waals surface area contributed by atoms with Crippen molar-refractivity contribution in [1.29, 1.82) is 0 Å². The normalized spacial score (nSPS) is 17.6. The fourth-order valence-electron chi connectivity index (χ4n) is 3.81. The van der Waals surface area contributed by atoms with Gasteiger partial charge in [-0.3, -0.25) is 9.59 Å². The summed E-state index contributed by atoms with van der Waals surface area (Å²) in [5, 5.41) is 11.2. The molecule has 1 unspecified atom stereocenters. The van der Waals surface area contributed by atoms with Gasteiger partial charge in [-0.25, -0.2) is 0 Å². The van der Waals surface area contributed by atoms with E-state index in [2.05, 4.69) is 15.9 Å². The molecule has 0 bridgehead atoms. The lowest BCUT2D eigenvalue weighted by atomic mass is 9.95. The van der Waals surface area contributed by atoms with E-state index >= 15 is 0 Å². The lowest BCUT2D eigenvalue weighted by Crippen LogP contribution is -2.31. The van der Waals surface area contributed by atoms with Crippen LogP contribution in [0.3, 0.4) is 0 Å². The van der Waals surface area contributed by atoms with Gasteiger partial charge >= 0.3 is 0 Å². The molecular weight excluding hydrogens is 490 g/mol. The Morgan fingerprint density at radius 3 is 2.39 bits per heavy atom. The molecule has 176 valence electrons. The average Bonchev–Trinajstić information content (AvgIpc) is 3.04. The molecule has 2 aromatic rings. The Bertz CT molecular complexity index is 1050. The molecule has 1 amide bonds. The maximum atomic E-state index is 13.1. The zero-order chi connectivity index (χ0) is 24.1. The van der Waals surface area contributed by atoms with E-state index in [4.69, 9.17) is 14.2 Å². The van der Waals surface area contributed by atoms with Gasteiger partial charge in [-0.2, -0.15) is 0 Å². The van der Waals surface area contributed by atoms with Gasteiger partial charge in [0.25, 0.3) is 11.7 Å². The van der Waals surface area contributed by atoms with Crippen LogP contribution in [-0.4, -0.2) is 55.2 Å². The maximum absolute atomic E-state index is 13.1. The molecule has 7 nitrogen and oxygen atoms in total. The Balaban J connectivity index is 2.09. The fourth-order valence-corrected chi connectivity index (χ4v) is 4.35. The van der Waals surface area contributed by atoms with Crippen LogP contribution in [-0.2, 0) is 14.3 Å². The second-order valence-corrected chi connectivity index (χ2v) is 8.78. The van der Waals surface area contributed by atoms with Crippen LogP contribution in [0.2, 0.25) is 0 Å². The van der Waals surface area contributed by atoms with E-state index in [1.165, 1.54) is 12.0 Å². The monoisotopic (exact) mass is 517 g/mol. The van der Waals surface area contributed by atoms with Gasteiger partial charge in [0.15, 0.2) is 0 Å². The van der Waals surface area contributed by atoms with E-state index in [1.54, 1.807) is 37.4 Å². The number of amides is 1. The molecule has 0 saturated carbocycles. The molecule has 0 aromatic heterocycles. The summed E-state index contributed by atoms with van der Waals surface area (Å²) in [5.74, 6) is -0.330. The Kier molecular flexibility index (Phi) is 8.15. The predicted octanol–water partition coefficient (Wildman–Crippen LogP) is 4.70. The zero-order valence-electron chi connectivity index (χ0n) is 19.1. The minimum absolute atomic E-state index is 0.0176. The van der Waals surface area contributed by atoms with Crippen molar-refractivity contribution in [2.75, 3.05) is 27.4 Å². The number of benzene rings is 2. The van der Waals surface area contributed by atoms with E-state index in [0.29, 0.717) is 46.7 Å². The molecule has 2 aromatic carbocycles. The van der Waals surface area contributed by atoms with Crippen molar-refractivity contribution >= 4 is 33.4 Å². The molecule has 1 atom stereocenters. The summed E-state index contributed by atoms with van der Waals surface area (Å²) >= 11 is 3.40. The van der Waals surface area contributed by atoms with Crippen molar-refractivity contribution < 1.29 is 28.9 Å². The first kappa shape index (κ1) is 24.8. The quantitative estimate of drug-likeness (QED) is 0.224. The predicted molar refractivity (Wildman–Crippen MR) is 128 cm³/mol. The number of rotatable bonds is 9. The summed E-state index contributed by atoms with van der Waals surface area (Å²) in [5.41, 5.74) is 1.16. The van der Waals surface area contributed by atoms with Crippen LogP contribution >= 0.6 is 15.9 Å². The Labute approximate surface area is 202 Å². The first-order valence-electron chi connectivity index (χ1n) is 10.7. The number of methoxy groups -OCH3 is 2. The van der Waals surface area contributed by atoms with Crippen LogP contribution in [0.1, 0.15) is 37.4 Å². The van der Waals surface area contributed by atoms with Crippen molar-refractivity contribution in [1.82, 2.24) is 4.90 Å². The molecule has 3 rings (SSSR count). The van der Waals surface area contributed by atoms with Gasteiger partial charge < -0.3 is 24.2 Å². The second kappa shape index (κ2) is 10.9. The first-order valence-corrected chi connectivity index (χ1v) is 11.5. The van der Waals surface area contributed by atoms with E-state index in [1.807, 2.05) is 26.0 Å². The molecule has 1 fully saturated rings. The van der Waals surface area contributed by atoms with Crippen LogP contribution in [0.25, 0.3) is 5.76 Å². The van der Waals surface area contributed by atoms with Gasteiger partial charge in [-0.05, 0) is 72.1 Å². The van der Waals surface area contributed by atoms with Gasteiger partial charge in [0.2, 0.25) is 0 Å². The third-order valence-corrected chi connectivity index (χ3v) is 5.90. The summed E-state index contributed by atoms with van der Waals surface area (Å²) in [6, 6.07) is 11.5. The molecule has 1 aliphatic heterocycles. The van der Waals surface area contributed by atoms with Crippen LogP contribution in [0.4, 0.5) is 0 Å². The minimum atomic E-state index is -0.726. The molecule has 8 heteroatoms. The number of ether oxygens (including phenoxy) is 3. The number of nitrogens with zero attached hydrogens (tertiary/aromatic N) is 1. The van der Waals surface area contributed by atoms with Gasteiger partial charge in [0.1, 0.15) is 17.3 Å². The SMILES string of the molecule is COCCCN1C(=O)C(=O)/C(=C(\O)c2ccc(OC)c(Br)c2)C1c1ccc(OC(C)C)cc1. The minimum Gasteiger partial charge on any atom is -0.507 e. The van der Waals surface area contributed by atoms with Crippen LogP contribution in [0.15, 0.2) is 52.5 Å². The Morgan fingerprint density at radius 2 is 1.82 bits per heavy atom. The van der Waals surface area contributed by atoms with E-state index < -0.39 is 17.7 Å². The summed E-state index contributed by atoms with van der Waals surface area (Å²) in [6.45, 7) is 4.63. The third-order valence-electron chi connectivity index (χ3n) is 5.28. The standard InChI is InChI=1S/C25H28BrNO6/c1-15(2)33-18-9-6-16(7-10-18)22-21(24(29)25(30)27(22)12-5-13-31-3)23(28)17-8-11-20(32-4)19(26)14-17/h6-11,14-15,22,28H,5,12-13H2,1-4H3/b23-21-. The van der Waals surface area contributed by atoms with Crippen molar-refractivity contribution in [3.63, 3.8) is 0 Å². The number of aliphatic hydroxyl groups is 1. The highest BCUT2D eigenvalue weighted by Crippen LogP contribution is 2.40. The lowest BCUT2D eigenvalue weighted by molar-refractivity contribution is -0.140. The van der Waals surface area contributed by atoms with Gasteiger partial charge in [0.05, 0.1) is 29.3 Å². The number of ketones is 1. The maximum Gasteiger partial charge on any atom is 0.295 e. The number of carbonyl (C=O) groups is 2. The first-order chi connectivity index (χ1) is 15.8.